The number of rotatable bonds is 8. The van der Waals surface area contributed by atoms with Gasteiger partial charge in [0, 0.05) is 17.8 Å². The van der Waals surface area contributed by atoms with E-state index < -0.39 is 0 Å². The maximum Gasteiger partial charge on any atom is 0.262 e. The summed E-state index contributed by atoms with van der Waals surface area (Å²) in [5.74, 6) is 2.49. The molecule has 3 aromatic rings. The number of carbonyl (C=O) groups is 2. The van der Waals surface area contributed by atoms with Gasteiger partial charge in [-0.2, -0.15) is 0 Å². The molecule has 4 rings (SSSR count). The van der Waals surface area contributed by atoms with Crippen molar-refractivity contribution in [2.75, 3.05) is 23.8 Å². The van der Waals surface area contributed by atoms with Gasteiger partial charge in [0.25, 0.3) is 5.91 Å². The first-order valence-corrected chi connectivity index (χ1v) is 10.5. The summed E-state index contributed by atoms with van der Waals surface area (Å²) in [6.45, 7) is 2.44. The van der Waals surface area contributed by atoms with Gasteiger partial charge in [-0.3, -0.25) is 9.59 Å². The molecule has 32 heavy (non-hydrogen) atoms. The molecule has 0 radical (unpaired) electrons. The quantitative estimate of drug-likeness (QED) is 0.535. The van der Waals surface area contributed by atoms with Crippen LogP contribution in [0.3, 0.4) is 0 Å². The van der Waals surface area contributed by atoms with Crippen LogP contribution in [0.25, 0.3) is 0 Å². The fourth-order valence-electron chi connectivity index (χ4n) is 3.31. The number of nitrogens with one attached hydrogen (secondary N) is 2. The van der Waals surface area contributed by atoms with Gasteiger partial charge in [0.1, 0.15) is 23.0 Å². The maximum absolute atomic E-state index is 12.2. The minimum atomic E-state index is -0.267. The van der Waals surface area contributed by atoms with Crippen LogP contribution in [0.15, 0.2) is 66.7 Å². The standard InChI is InChI=1S/C25H24N2O5/c1-2-30-19-8-10-21(11-9-19)32-20-6-4-18(5-7-20)26-25(29)16-31-22-12-13-23-17(15-22)3-14-24(28)27-23/h4-13,15H,2-3,14,16H2,1H3,(H,26,29)(H,27,28). The van der Waals surface area contributed by atoms with Gasteiger partial charge in [0.05, 0.1) is 6.61 Å². The van der Waals surface area contributed by atoms with Gasteiger partial charge in [0.2, 0.25) is 5.91 Å². The van der Waals surface area contributed by atoms with Crippen LogP contribution in [0.5, 0.6) is 23.0 Å². The third-order valence-electron chi connectivity index (χ3n) is 4.85. The summed E-state index contributed by atoms with van der Waals surface area (Å²) in [4.78, 5) is 23.7. The highest BCUT2D eigenvalue weighted by Gasteiger charge is 2.15. The summed E-state index contributed by atoms with van der Waals surface area (Å²) in [5, 5.41) is 5.62. The van der Waals surface area contributed by atoms with Crippen LogP contribution in [0, 0.1) is 0 Å². The summed E-state index contributed by atoms with van der Waals surface area (Å²) in [7, 11) is 0. The molecule has 2 amide bonds. The first-order chi connectivity index (χ1) is 15.6. The molecule has 2 N–H and O–H groups in total. The summed E-state index contributed by atoms with van der Waals surface area (Å²) >= 11 is 0. The Morgan fingerprint density at radius 2 is 1.53 bits per heavy atom. The van der Waals surface area contributed by atoms with E-state index in [4.69, 9.17) is 14.2 Å². The molecule has 1 heterocycles. The molecule has 1 aliphatic rings. The molecule has 164 valence electrons. The minimum absolute atomic E-state index is 0.0152. The summed E-state index contributed by atoms with van der Waals surface area (Å²) < 4.78 is 16.8. The number of amides is 2. The van der Waals surface area contributed by atoms with Crippen LogP contribution in [0.2, 0.25) is 0 Å². The molecule has 0 unspecified atom stereocenters. The highest BCUT2D eigenvalue weighted by molar-refractivity contribution is 5.94. The van der Waals surface area contributed by atoms with E-state index in [1.807, 2.05) is 37.3 Å². The molecule has 0 saturated carbocycles. The lowest BCUT2D eigenvalue weighted by molar-refractivity contribution is -0.118. The van der Waals surface area contributed by atoms with Crippen LogP contribution in [-0.2, 0) is 16.0 Å². The average molecular weight is 432 g/mol. The fourth-order valence-corrected chi connectivity index (χ4v) is 3.31. The zero-order chi connectivity index (χ0) is 22.3. The molecule has 0 spiro atoms. The lowest BCUT2D eigenvalue weighted by atomic mass is 10.0. The van der Waals surface area contributed by atoms with Crippen molar-refractivity contribution in [1.82, 2.24) is 0 Å². The number of hydrogen-bond acceptors (Lipinski definition) is 5. The van der Waals surface area contributed by atoms with Gasteiger partial charge in [-0.05, 0) is 85.6 Å². The maximum atomic E-state index is 12.2. The molecule has 0 aromatic heterocycles. The molecular weight excluding hydrogens is 408 g/mol. The molecule has 0 saturated heterocycles. The molecule has 0 aliphatic carbocycles. The Bertz CT molecular complexity index is 1090. The first-order valence-electron chi connectivity index (χ1n) is 10.5. The number of anilines is 2. The monoisotopic (exact) mass is 432 g/mol. The van der Waals surface area contributed by atoms with E-state index in [1.165, 1.54) is 0 Å². The van der Waals surface area contributed by atoms with E-state index in [2.05, 4.69) is 10.6 Å². The fraction of sp³-hybridized carbons (Fsp3) is 0.200. The molecule has 0 fully saturated rings. The van der Waals surface area contributed by atoms with E-state index in [0.29, 0.717) is 42.4 Å². The summed E-state index contributed by atoms with van der Waals surface area (Å²) in [6.07, 6.45) is 1.12. The second-order valence-electron chi connectivity index (χ2n) is 7.23. The van der Waals surface area contributed by atoms with E-state index in [1.54, 1.807) is 36.4 Å². The highest BCUT2D eigenvalue weighted by atomic mass is 16.5. The highest BCUT2D eigenvalue weighted by Crippen LogP contribution is 2.27. The lowest BCUT2D eigenvalue weighted by Gasteiger charge is -2.17. The Labute approximate surface area is 186 Å². The Morgan fingerprint density at radius 1 is 0.875 bits per heavy atom. The number of ether oxygens (including phenoxy) is 3. The van der Waals surface area contributed by atoms with Crippen molar-refractivity contribution in [3.8, 4) is 23.0 Å². The number of aryl methyl sites for hydroxylation is 1. The average Bonchev–Trinajstić information content (AvgIpc) is 2.80. The van der Waals surface area contributed by atoms with Gasteiger partial charge in [-0.25, -0.2) is 0 Å². The normalized spacial score (nSPS) is 12.3. The van der Waals surface area contributed by atoms with Crippen LogP contribution < -0.4 is 24.8 Å². The van der Waals surface area contributed by atoms with Crippen molar-refractivity contribution < 1.29 is 23.8 Å². The van der Waals surface area contributed by atoms with E-state index in [9.17, 15) is 9.59 Å². The van der Waals surface area contributed by atoms with Gasteiger partial charge in [-0.15, -0.1) is 0 Å². The molecule has 1 aliphatic heterocycles. The largest absolute Gasteiger partial charge is 0.494 e. The number of fused-ring (bicyclic) bond motifs is 1. The lowest BCUT2D eigenvalue weighted by Crippen LogP contribution is -2.21. The summed E-state index contributed by atoms with van der Waals surface area (Å²) in [6, 6.07) is 19.9. The van der Waals surface area contributed by atoms with Crippen molar-refractivity contribution in [3.05, 3.63) is 72.3 Å². The van der Waals surface area contributed by atoms with Crippen LogP contribution in [0.4, 0.5) is 11.4 Å². The second-order valence-corrected chi connectivity index (χ2v) is 7.23. The van der Waals surface area contributed by atoms with E-state index in [0.717, 1.165) is 17.0 Å². The Balaban J connectivity index is 1.27. The van der Waals surface area contributed by atoms with Crippen molar-refractivity contribution in [3.63, 3.8) is 0 Å². The Kier molecular flexibility index (Phi) is 6.55. The molecule has 0 bridgehead atoms. The Hall–Kier alpha value is -4.00. The predicted octanol–water partition coefficient (Wildman–Crippen LogP) is 4.78. The van der Waals surface area contributed by atoms with E-state index in [-0.39, 0.29) is 18.4 Å². The van der Waals surface area contributed by atoms with Gasteiger partial charge < -0.3 is 24.8 Å². The molecule has 7 heteroatoms. The summed E-state index contributed by atoms with van der Waals surface area (Å²) in [5.41, 5.74) is 2.45. The topological polar surface area (TPSA) is 85.9 Å². The SMILES string of the molecule is CCOc1ccc(Oc2ccc(NC(=O)COc3ccc4c(c3)CCC(=O)N4)cc2)cc1. The molecule has 7 nitrogen and oxygen atoms in total. The molecular formula is C25H24N2O5. The predicted molar refractivity (Wildman–Crippen MR) is 122 cm³/mol. The second kappa shape index (κ2) is 9.87. The zero-order valence-electron chi connectivity index (χ0n) is 17.7. The minimum Gasteiger partial charge on any atom is -0.494 e. The molecule has 0 atom stereocenters. The van der Waals surface area contributed by atoms with Crippen LogP contribution >= 0.6 is 0 Å². The van der Waals surface area contributed by atoms with Crippen molar-refractivity contribution in [2.45, 2.75) is 19.8 Å². The van der Waals surface area contributed by atoms with Crippen LogP contribution in [0.1, 0.15) is 18.9 Å². The number of benzene rings is 3. The van der Waals surface area contributed by atoms with Crippen molar-refractivity contribution >= 4 is 23.2 Å². The van der Waals surface area contributed by atoms with E-state index >= 15 is 0 Å². The van der Waals surface area contributed by atoms with Crippen LogP contribution in [-0.4, -0.2) is 25.0 Å². The smallest absolute Gasteiger partial charge is 0.262 e. The van der Waals surface area contributed by atoms with Gasteiger partial charge in [-0.1, -0.05) is 0 Å². The van der Waals surface area contributed by atoms with Crippen molar-refractivity contribution in [1.29, 1.82) is 0 Å². The van der Waals surface area contributed by atoms with Gasteiger partial charge >= 0.3 is 0 Å². The third kappa shape index (κ3) is 5.57. The third-order valence-corrected chi connectivity index (χ3v) is 4.85. The van der Waals surface area contributed by atoms with Crippen molar-refractivity contribution in [2.24, 2.45) is 0 Å². The zero-order valence-corrected chi connectivity index (χ0v) is 17.7. The van der Waals surface area contributed by atoms with Gasteiger partial charge in [0.15, 0.2) is 6.61 Å². The number of hydrogen-bond donors (Lipinski definition) is 2. The molecule has 3 aromatic carbocycles. The first kappa shape index (κ1) is 21.2. The number of carbonyl (C=O) groups excluding carboxylic acids is 2. The Morgan fingerprint density at radius 3 is 2.25 bits per heavy atom.